The number of aromatic amines is 1. The minimum Gasteiger partial charge on any atom is -0.378 e. The van der Waals surface area contributed by atoms with Crippen LogP contribution in [0.2, 0.25) is 0 Å². The molecule has 0 aromatic carbocycles. The summed E-state index contributed by atoms with van der Waals surface area (Å²) in [6.45, 7) is 0.611. The van der Waals surface area contributed by atoms with E-state index < -0.39 is 0 Å². The fourth-order valence-electron chi connectivity index (χ4n) is 0.519. The van der Waals surface area contributed by atoms with Crippen molar-refractivity contribution < 1.29 is 6.16 Å². The summed E-state index contributed by atoms with van der Waals surface area (Å²) >= 11 is 0. The number of methoxy groups -OCH3 is 1. The van der Waals surface area contributed by atoms with Crippen LogP contribution in [0.3, 0.4) is 0 Å². The summed E-state index contributed by atoms with van der Waals surface area (Å²) in [5.41, 5.74) is 1.01. The number of hydrogen-bond acceptors (Lipinski definition) is 2. The van der Waals surface area contributed by atoms with E-state index in [0.717, 1.165) is 5.69 Å². The van der Waals surface area contributed by atoms with E-state index in [1.54, 1.807) is 19.6 Å². The van der Waals surface area contributed by atoms with E-state index in [2.05, 4.69) is 9.97 Å². The van der Waals surface area contributed by atoms with E-state index in [1.807, 2.05) is 0 Å². The van der Waals surface area contributed by atoms with Crippen LogP contribution in [0.4, 0.5) is 0 Å². The van der Waals surface area contributed by atoms with Gasteiger partial charge in [-0.1, -0.05) is 0 Å². The molecule has 0 saturated heterocycles. The van der Waals surface area contributed by atoms with Gasteiger partial charge in [0, 0.05) is 8.54 Å². The molecule has 0 saturated carbocycles. The van der Waals surface area contributed by atoms with Gasteiger partial charge in [0.05, 0.1) is 24.8 Å². The minimum atomic E-state index is 0. The first-order valence-corrected chi connectivity index (χ1v) is 2.39. The van der Waals surface area contributed by atoms with Crippen LogP contribution in [-0.4, -0.2) is 17.1 Å². The predicted molar refractivity (Wildman–Crippen MR) is 31.4 cm³/mol. The summed E-state index contributed by atoms with van der Waals surface area (Å²) in [6.07, 6.45) is 3.37. The van der Waals surface area contributed by atoms with E-state index in [0.29, 0.717) is 6.61 Å². The summed E-state index contributed by atoms with van der Waals surface area (Å²) in [7, 11) is 1.65. The van der Waals surface area contributed by atoms with Gasteiger partial charge in [-0.3, -0.25) is 0 Å². The maximum atomic E-state index is 4.81. The lowest BCUT2D eigenvalue weighted by Gasteiger charge is -1.89. The van der Waals surface area contributed by atoms with Crippen molar-refractivity contribution in [2.75, 3.05) is 7.11 Å². The van der Waals surface area contributed by atoms with Crippen LogP contribution in [0.15, 0.2) is 12.5 Å². The lowest BCUT2D eigenvalue weighted by molar-refractivity contribution is 0.182. The number of imidazole rings is 1. The fourth-order valence-corrected chi connectivity index (χ4v) is 0.519. The van der Waals surface area contributed by atoms with Crippen molar-refractivity contribution in [2.45, 2.75) is 6.61 Å². The SMILES string of the molecule is COCc1cnc[nH]1.[HH]. The molecule has 46 valence electrons. The standard InChI is InChI=1S/C5H8N2O.H2/c1-8-3-5-2-6-4-7-5;/h2,4H,3H2,1H3,(H,6,7);1H. The molecule has 0 bridgehead atoms. The van der Waals surface area contributed by atoms with E-state index in [4.69, 9.17) is 4.74 Å². The Morgan fingerprint density at radius 1 is 2.00 bits per heavy atom. The highest BCUT2D eigenvalue weighted by molar-refractivity contribution is 4.90. The van der Waals surface area contributed by atoms with E-state index >= 15 is 0 Å². The second-order valence-corrected chi connectivity index (χ2v) is 1.51. The summed E-state index contributed by atoms with van der Waals surface area (Å²) < 4.78 is 4.81. The van der Waals surface area contributed by atoms with Crippen molar-refractivity contribution in [1.29, 1.82) is 0 Å². The number of nitrogens with one attached hydrogen (secondary N) is 1. The van der Waals surface area contributed by atoms with Crippen LogP contribution >= 0.6 is 0 Å². The molecule has 0 aliphatic rings. The van der Waals surface area contributed by atoms with Crippen LogP contribution in [0, 0.1) is 0 Å². The van der Waals surface area contributed by atoms with Gasteiger partial charge in [0.2, 0.25) is 0 Å². The van der Waals surface area contributed by atoms with Gasteiger partial charge in [0.1, 0.15) is 0 Å². The Labute approximate surface area is 49.2 Å². The van der Waals surface area contributed by atoms with Gasteiger partial charge < -0.3 is 9.72 Å². The Hall–Kier alpha value is -0.830. The van der Waals surface area contributed by atoms with Crippen LogP contribution in [0.1, 0.15) is 7.12 Å². The lowest BCUT2D eigenvalue weighted by Crippen LogP contribution is -1.84. The molecule has 1 rings (SSSR count). The van der Waals surface area contributed by atoms with Crippen LogP contribution in [-0.2, 0) is 11.3 Å². The third-order valence-electron chi connectivity index (χ3n) is 0.855. The molecule has 0 spiro atoms. The molecule has 1 aromatic rings. The van der Waals surface area contributed by atoms with E-state index in [-0.39, 0.29) is 1.43 Å². The summed E-state index contributed by atoms with van der Waals surface area (Å²) in [6, 6.07) is 0. The Morgan fingerprint density at radius 3 is 3.38 bits per heavy atom. The predicted octanol–water partition coefficient (Wildman–Crippen LogP) is 0.802. The summed E-state index contributed by atoms with van der Waals surface area (Å²) in [5.74, 6) is 0. The zero-order valence-corrected chi connectivity index (χ0v) is 4.72. The normalized spacial score (nSPS) is 9.62. The topological polar surface area (TPSA) is 37.9 Å². The largest absolute Gasteiger partial charge is 0.378 e. The van der Waals surface area contributed by atoms with Crippen molar-refractivity contribution in [2.24, 2.45) is 0 Å². The first kappa shape index (κ1) is 5.31. The molecule has 0 unspecified atom stereocenters. The average molecular weight is 114 g/mol. The Balaban J connectivity index is 0.000000640. The second kappa shape index (κ2) is 2.47. The third-order valence-corrected chi connectivity index (χ3v) is 0.855. The van der Waals surface area contributed by atoms with E-state index in [9.17, 15) is 0 Å². The number of H-pyrrole nitrogens is 1. The van der Waals surface area contributed by atoms with Gasteiger partial charge in [0.25, 0.3) is 0 Å². The Morgan fingerprint density at radius 2 is 2.88 bits per heavy atom. The van der Waals surface area contributed by atoms with Gasteiger partial charge in [-0.15, -0.1) is 0 Å². The number of ether oxygens (including phenoxy) is 1. The molecular formula is C5H10N2O. The monoisotopic (exact) mass is 114 g/mol. The number of aromatic nitrogens is 2. The molecule has 3 heteroatoms. The maximum absolute atomic E-state index is 4.81. The third kappa shape index (κ3) is 1.07. The molecule has 0 aliphatic heterocycles. The van der Waals surface area contributed by atoms with Gasteiger partial charge in [0.15, 0.2) is 0 Å². The van der Waals surface area contributed by atoms with Crippen molar-refractivity contribution in [3.05, 3.63) is 18.2 Å². The van der Waals surface area contributed by atoms with Crippen LogP contribution in [0.5, 0.6) is 0 Å². The van der Waals surface area contributed by atoms with E-state index in [1.165, 1.54) is 0 Å². The van der Waals surface area contributed by atoms with Gasteiger partial charge in [-0.25, -0.2) is 4.98 Å². The maximum Gasteiger partial charge on any atom is 0.0922 e. The molecule has 8 heavy (non-hydrogen) atoms. The molecule has 1 N–H and O–H groups in total. The van der Waals surface area contributed by atoms with Gasteiger partial charge >= 0.3 is 0 Å². The quantitative estimate of drug-likeness (QED) is 0.617. The lowest BCUT2D eigenvalue weighted by atomic mass is 10.5. The Bertz CT molecular complexity index is 141. The molecule has 0 fully saturated rings. The van der Waals surface area contributed by atoms with Crippen molar-refractivity contribution in [1.82, 2.24) is 9.97 Å². The summed E-state index contributed by atoms with van der Waals surface area (Å²) in [5, 5.41) is 0. The molecule has 0 atom stereocenters. The minimum absolute atomic E-state index is 0. The van der Waals surface area contributed by atoms with Crippen molar-refractivity contribution in [3.8, 4) is 0 Å². The number of nitrogens with zero attached hydrogens (tertiary/aromatic N) is 1. The van der Waals surface area contributed by atoms with Crippen molar-refractivity contribution >= 4 is 0 Å². The highest BCUT2D eigenvalue weighted by Gasteiger charge is 1.87. The molecule has 0 amide bonds. The second-order valence-electron chi connectivity index (χ2n) is 1.51. The molecule has 0 radical (unpaired) electrons. The zero-order valence-electron chi connectivity index (χ0n) is 4.72. The number of hydrogen-bond donors (Lipinski definition) is 1. The molecule has 3 nitrogen and oxygen atoms in total. The first-order chi connectivity index (χ1) is 3.93. The molecule has 1 heterocycles. The zero-order chi connectivity index (χ0) is 5.82. The van der Waals surface area contributed by atoms with Crippen LogP contribution < -0.4 is 0 Å². The Kier molecular flexibility index (Phi) is 1.64. The number of rotatable bonds is 2. The van der Waals surface area contributed by atoms with Gasteiger partial charge in [-0.05, 0) is 0 Å². The first-order valence-electron chi connectivity index (χ1n) is 2.39. The average Bonchev–Trinajstić information content (AvgIpc) is 2.19. The van der Waals surface area contributed by atoms with Crippen LogP contribution in [0.25, 0.3) is 0 Å². The molecular weight excluding hydrogens is 104 g/mol. The fraction of sp³-hybridized carbons (Fsp3) is 0.400. The van der Waals surface area contributed by atoms with Crippen molar-refractivity contribution in [3.63, 3.8) is 0 Å². The smallest absolute Gasteiger partial charge is 0.0922 e. The summed E-state index contributed by atoms with van der Waals surface area (Å²) in [4.78, 5) is 6.71. The highest BCUT2D eigenvalue weighted by atomic mass is 16.5. The molecule has 1 aromatic heterocycles. The molecule has 0 aliphatic carbocycles. The highest BCUT2D eigenvalue weighted by Crippen LogP contribution is 1.90. The van der Waals surface area contributed by atoms with Gasteiger partial charge in [-0.2, -0.15) is 0 Å².